The van der Waals surface area contributed by atoms with E-state index in [1.165, 1.54) is 0 Å². The molecule has 0 fully saturated rings. The largest absolute Gasteiger partial charge is 0.299 e. The summed E-state index contributed by atoms with van der Waals surface area (Å²) in [7, 11) is 0. The van der Waals surface area contributed by atoms with E-state index < -0.39 is 0 Å². The van der Waals surface area contributed by atoms with Gasteiger partial charge in [0.2, 0.25) is 0 Å². The van der Waals surface area contributed by atoms with Crippen LogP contribution in [0, 0.1) is 0 Å². The van der Waals surface area contributed by atoms with E-state index in [0.29, 0.717) is 0 Å². The highest BCUT2D eigenvalue weighted by atomic mass is 32.2. The molecule has 1 aliphatic heterocycles. The molecule has 3 nitrogen and oxygen atoms in total. The molecule has 0 saturated carbocycles. The molecular formula is C7H7N3S. The highest BCUT2D eigenvalue weighted by Crippen LogP contribution is 2.14. The van der Waals surface area contributed by atoms with Crippen LogP contribution in [0.3, 0.4) is 0 Å². The molecule has 1 aromatic rings. The van der Waals surface area contributed by atoms with Crippen LogP contribution in [0.2, 0.25) is 0 Å². The van der Waals surface area contributed by atoms with Crippen LogP contribution in [0.15, 0.2) is 29.6 Å². The lowest BCUT2D eigenvalue weighted by atomic mass is 10.3. The predicted molar refractivity (Wildman–Crippen MR) is 46.4 cm³/mol. The van der Waals surface area contributed by atoms with Gasteiger partial charge in [-0.1, -0.05) is 11.8 Å². The van der Waals surface area contributed by atoms with Crippen LogP contribution in [0.1, 0.15) is 5.56 Å². The Kier molecular flexibility index (Phi) is 1.77. The van der Waals surface area contributed by atoms with Gasteiger partial charge in [-0.25, -0.2) is 0 Å². The number of pyridine rings is 1. The molecule has 0 saturated heterocycles. The molecule has 0 amide bonds. The fourth-order valence-corrected chi connectivity index (χ4v) is 1.56. The Morgan fingerprint density at radius 1 is 1.55 bits per heavy atom. The van der Waals surface area contributed by atoms with Crippen molar-refractivity contribution in [3.8, 4) is 0 Å². The van der Waals surface area contributed by atoms with Crippen molar-refractivity contribution in [3.05, 3.63) is 30.1 Å². The Labute approximate surface area is 68.9 Å². The van der Waals surface area contributed by atoms with Gasteiger partial charge in [0, 0.05) is 18.0 Å². The molecule has 0 radical (unpaired) electrons. The zero-order valence-electron chi connectivity index (χ0n) is 5.82. The highest BCUT2D eigenvalue weighted by molar-refractivity contribution is 8.14. The van der Waals surface area contributed by atoms with E-state index >= 15 is 0 Å². The number of hydrazone groups is 1. The molecule has 2 rings (SSSR count). The first kappa shape index (κ1) is 6.67. The van der Waals surface area contributed by atoms with E-state index in [0.717, 1.165) is 16.5 Å². The first-order valence-electron chi connectivity index (χ1n) is 3.30. The third-order valence-electron chi connectivity index (χ3n) is 1.36. The molecule has 0 unspecified atom stereocenters. The van der Waals surface area contributed by atoms with Gasteiger partial charge in [-0.05, 0) is 12.1 Å². The second kappa shape index (κ2) is 2.92. The van der Waals surface area contributed by atoms with E-state index in [1.807, 2.05) is 18.3 Å². The Morgan fingerprint density at radius 3 is 3.18 bits per heavy atom. The van der Waals surface area contributed by atoms with Crippen molar-refractivity contribution >= 4 is 16.8 Å². The third kappa shape index (κ3) is 1.35. The smallest absolute Gasteiger partial charge is 0.127 e. The summed E-state index contributed by atoms with van der Waals surface area (Å²) >= 11 is 1.69. The Balaban J connectivity index is 2.29. The minimum absolute atomic E-state index is 0.865. The van der Waals surface area contributed by atoms with Crippen molar-refractivity contribution in [1.29, 1.82) is 0 Å². The molecule has 0 aromatic carbocycles. The summed E-state index contributed by atoms with van der Waals surface area (Å²) < 4.78 is 0. The maximum Gasteiger partial charge on any atom is 0.127 e. The van der Waals surface area contributed by atoms with E-state index in [4.69, 9.17) is 0 Å². The van der Waals surface area contributed by atoms with Crippen LogP contribution in [-0.2, 0) is 0 Å². The fourth-order valence-electron chi connectivity index (χ4n) is 0.874. The molecule has 1 aliphatic rings. The summed E-state index contributed by atoms with van der Waals surface area (Å²) in [5.74, 6) is 0.865. The monoisotopic (exact) mass is 165 g/mol. The maximum absolute atomic E-state index is 4.10. The fraction of sp³-hybridized carbons (Fsp3) is 0.143. The minimum Gasteiger partial charge on any atom is -0.299 e. The predicted octanol–water partition coefficient (Wildman–Crippen LogP) is 1.04. The number of nitrogens with one attached hydrogen (secondary N) is 1. The summed E-state index contributed by atoms with van der Waals surface area (Å²) in [6.07, 6.45) is 3.58. The van der Waals surface area contributed by atoms with Gasteiger partial charge in [-0.2, -0.15) is 5.10 Å². The number of aromatic nitrogens is 1. The molecule has 11 heavy (non-hydrogen) atoms. The van der Waals surface area contributed by atoms with Crippen LogP contribution >= 0.6 is 11.8 Å². The van der Waals surface area contributed by atoms with Gasteiger partial charge < -0.3 is 0 Å². The van der Waals surface area contributed by atoms with Crippen LogP contribution in [0.4, 0.5) is 0 Å². The average Bonchev–Trinajstić information content (AvgIpc) is 2.58. The normalized spacial score (nSPS) is 15.8. The Bertz CT molecular complexity index is 270. The zero-order chi connectivity index (χ0) is 7.52. The minimum atomic E-state index is 0.865. The molecule has 1 aromatic heterocycles. The zero-order valence-corrected chi connectivity index (χ0v) is 6.64. The molecule has 56 valence electrons. The third-order valence-corrected chi connectivity index (χ3v) is 2.24. The number of thioether (sulfide) groups is 1. The van der Waals surface area contributed by atoms with E-state index in [-0.39, 0.29) is 0 Å². The summed E-state index contributed by atoms with van der Waals surface area (Å²) in [4.78, 5) is 4.01. The second-order valence-corrected chi connectivity index (χ2v) is 3.07. The molecule has 0 bridgehead atoms. The lowest BCUT2D eigenvalue weighted by molar-refractivity contribution is 0.893. The first-order chi connectivity index (χ1) is 5.47. The molecular weight excluding hydrogens is 158 g/mol. The summed E-state index contributed by atoms with van der Waals surface area (Å²) in [6.45, 7) is 0. The highest BCUT2D eigenvalue weighted by Gasteiger charge is 2.08. The summed E-state index contributed by atoms with van der Waals surface area (Å²) in [5.41, 5.74) is 3.98. The molecule has 0 aliphatic carbocycles. The van der Waals surface area contributed by atoms with Crippen LogP contribution in [-0.4, -0.2) is 15.9 Å². The molecule has 0 spiro atoms. The number of rotatable bonds is 1. The average molecular weight is 165 g/mol. The van der Waals surface area contributed by atoms with E-state index in [1.54, 1.807) is 18.0 Å². The van der Waals surface area contributed by atoms with E-state index in [9.17, 15) is 0 Å². The lowest BCUT2D eigenvalue weighted by Gasteiger charge is -1.94. The van der Waals surface area contributed by atoms with Crippen molar-refractivity contribution in [2.24, 2.45) is 5.10 Å². The Morgan fingerprint density at radius 2 is 2.55 bits per heavy atom. The first-order valence-corrected chi connectivity index (χ1v) is 4.29. The van der Waals surface area contributed by atoms with Crippen molar-refractivity contribution in [1.82, 2.24) is 10.4 Å². The van der Waals surface area contributed by atoms with E-state index in [2.05, 4.69) is 15.5 Å². The number of hydrogen-bond donors (Lipinski definition) is 1. The molecule has 4 heteroatoms. The van der Waals surface area contributed by atoms with Gasteiger partial charge in [0.1, 0.15) is 5.04 Å². The molecule has 2 heterocycles. The Hall–Kier alpha value is -1.03. The summed E-state index contributed by atoms with van der Waals surface area (Å²) in [6, 6.07) is 3.92. The van der Waals surface area contributed by atoms with Gasteiger partial charge in [0.25, 0.3) is 0 Å². The maximum atomic E-state index is 4.10. The van der Waals surface area contributed by atoms with Gasteiger partial charge >= 0.3 is 0 Å². The van der Waals surface area contributed by atoms with Crippen LogP contribution in [0.25, 0.3) is 0 Å². The molecule has 0 atom stereocenters. The van der Waals surface area contributed by atoms with Crippen molar-refractivity contribution < 1.29 is 0 Å². The van der Waals surface area contributed by atoms with Crippen molar-refractivity contribution in [2.45, 2.75) is 0 Å². The topological polar surface area (TPSA) is 37.3 Å². The van der Waals surface area contributed by atoms with Gasteiger partial charge in [0.15, 0.2) is 0 Å². The number of hydrogen-bond acceptors (Lipinski definition) is 4. The molecule has 1 N–H and O–H groups in total. The number of nitrogens with zero attached hydrogens (tertiary/aromatic N) is 2. The van der Waals surface area contributed by atoms with Gasteiger partial charge in [0.05, 0.1) is 5.88 Å². The second-order valence-electron chi connectivity index (χ2n) is 2.11. The van der Waals surface area contributed by atoms with Crippen molar-refractivity contribution in [3.63, 3.8) is 0 Å². The van der Waals surface area contributed by atoms with Gasteiger partial charge in [-0.15, -0.1) is 0 Å². The standard InChI is InChI=1S/C7H7N3S/c1-2-6(4-8-3-1)7-10-9-5-11-7/h1-4,9H,5H2. The SMILES string of the molecule is c1cncc(C2=NNCS2)c1. The van der Waals surface area contributed by atoms with Crippen LogP contribution < -0.4 is 5.43 Å². The summed E-state index contributed by atoms with van der Waals surface area (Å²) in [5, 5.41) is 5.12. The lowest BCUT2D eigenvalue weighted by Crippen LogP contribution is -1.94. The van der Waals surface area contributed by atoms with Gasteiger partial charge in [-0.3, -0.25) is 10.4 Å². The quantitative estimate of drug-likeness (QED) is 0.675. The van der Waals surface area contributed by atoms with Crippen LogP contribution in [0.5, 0.6) is 0 Å². The van der Waals surface area contributed by atoms with Crippen molar-refractivity contribution in [2.75, 3.05) is 5.88 Å².